The number of rotatable bonds is 5. The molecule has 1 aliphatic carbocycles. The molecule has 0 spiro atoms. The lowest BCUT2D eigenvalue weighted by Gasteiger charge is -2.15. The standard InChI is InChI=1S/C23H27N3O3S/c1-4-16-9-11-18(12-10-16)26-21(28)20-14(2)15(3)30-22(20)25(23(26)29)13-19(27)24-17-7-5-6-8-17/h9-12,17H,4-8,13H2,1-3H3,(H,24,27). The molecule has 1 saturated carbocycles. The van der Waals surface area contributed by atoms with Gasteiger partial charge in [-0.3, -0.25) is 14.2 Å². The highest BCUT2D eigenvalue weighted by atomic mass is 32.1. The molecule has 0 saturated heterocycles. The summed E-state index contributed by atoms with van der Waals surface area (Å²) >= 11 is 1.40. The fraction of sp³-hybridized carbons (Fsp3) is 0.435. The Bertz CT molecular complexity index is 1210. The number of aromatic nitrogens is 2. The molecule has 1 amide bonds. The first-order chi connectivity index (χ1) is 14.4. The summed E-state index contributed by atoms with van der Waals surface area (Å²) in [4.78, 5) is 41.0. The molecule has 0 aliphatic heterocycles. The Morgan fingerprint density at radius 1 is 1.13 bits per heavy atom. The number of hydrogen-bond donors (Lipinski definition) is 1. The van der Waals surface area contributed by atoms with Crippen LogP contribution in [0.2, 0.25) is 0 Å². The highest BCUT2D eigenvalue weighted by Crippen LogP contribution is 2.27. The fourth-order valence-electron chi connectivity index (χ4n) is 4.19. The molecule has 1 aromatic carbocycles. The van der Waals surface area contributed by atoms with Crippen LogP contribution in [0.25, 0.3) is 15.9 Å². The Kier molecular flexibility index (Phi) is 5.64. The van der Waals surface area contributed by atoms with Crippen molar-refractivity contribution in [2.45, 2.75) is 65.5 Å². The van der Waals surface area contributed by atoms with Crippen LogP contribution >= 0.6 is 11.3 Å². The average Bonchev–Trinajstić information content (AvgIpc) is 3.34. The van der Waals surface area contributed by atoms with E-state index < -0.39 is 5.69 Å². The quantitative estimate of drug-likeness (QED) is 0.680. The van der Waals surface area contributed by atoms with Crippen molar-refractivity contribution in [3.05, 3.63) is 61.1 Å². The minimum atomic E-state index is -0.473. The summed E-state index contributed by atoms with van der Waals surface area (Å²) in [5, 5.41) is 3.57. The second-order valence-corrected chi connectivity index (χ2v) is 9.24. The van der Waals surface area contributed by atoms with Crippen molar-refractivity contribution in [1.29, 1.82) is 0 Å². The van der Waals surface area contributed by atoms with E-state index in [1.54, 1.807) is 12.1 Å². The molecule has 0 unspecified atom stereocenters. The number of carbonyl (C=O) groups is 1. The smallest absolute Gasteiger partial charge is 0.337 e. The molecule has 3 aromatic rings. The third-order valence-electron chi connectivity index (χ3n) is 6.08. The number of amides is 1. The van der Waals surface area contributed by atoms with Crippen LogP contribution in [0.3, 0.4) is 0 Å². The van der Waals surface area contributed by atoms with Gasteiger partial charge in [0.15, 0.2) is 0 Å². The van der Waals surface area contributed by atoms with Crippen molar-refractivity contribution in [2.75, 3.05) is 0 Å². The molecule has 0 atom stereocenters. The molecule has 2 heterocycles. The normalized spacial score (nSPS) is 14.5. The SMILES string of the molecule is CCc1ccc(-n2c(=O)c3c(C)c(C)sc3n(CC(=O)NC3CCCC3)c2=O)cc1. The third kappa shape index (κ3) is 3.62. The lowest BCUT2D eigenvalue weighted by atomic mass is 10.1. The molecule has 2 aromatic heterocycles. The van der Waals surface area contributed by atoms with E-state index in [1.807, 2.05) is 26.0 Å². The number of hydrogen-bond acceptors (Lipinski definition) is 4. The zero-order chi connectivity index (χ0) is 21.4. The van der Waals surface area contributed by atoms with E-state index in [0.717, 1.165) is 48.1 Å². The summed E-state index contributed by atoms with van der Waals surface area (Å²) in [6, 6.07) is 7.63. The maximum absolute atomic E-state index is 13.4. The van der Waals surface area contributed by atoms with Gasteiger partial charge in [-0.05, 0) is 56.4 Å². The molecule has 4 rings (SSSR count). The van der Waals surface area contributed by atoms with Crippen molar-refractivity contribution in [2.24, 2.45) is 0 Å². The van der Waals surface area contributed by atoms with E-state index in [1.165, 1.54) is 20.5 Å². The largest absolute Gasteiger partial charge is 0.352 e. The van der Waals surface area contributed by atoms with Crippen LogP contribution < -0.4 is 16.6 Å². The fourth-order valence-corrected chi connectivity index (χ4v) is 5.33. The molecule has 0 radical (unpaired) electrons. The maximum atomic E-state index is 13.4. The van der Waals surface area contributed by atoms with Crippen molar-refractivity contribution >= 4 is 27.5 Å². The average molecular weight is 426 g/mol. The van der Waals surface area contributed by atoms with Gasteiger partial charge in [-0.1, -0.05) is 31.9 Å². The monoisotopic (exact) mass is 425 g/mol. The van der Waals surface area contributed by atoms with E-state index in [9.17, 15) is 14.4 Å². The Hall–Kier alpha value is -2.67. The Balaban J connectivity index is 1.85. The number of thiophene rings is 1. The van der Waals surface area contributed by atoms with E-state index in [4.69, 9.17) is 0 Å². The van der Waals surface area contributed by atoms with Gasteiger partial charge < -0.3 is 5.32 Å². The van der Waals surface area contributed by atoms with Crippen molar-refractivity contribution in [1.82, 2.24) is 14.5 Å². The van der Waals surface area contributed by atoms with E-state index >= 15 is 0 Å². The summed E-state index contributed by atoms with van der Waals surface area (Å²) in [6.07, 6.45) is 5.09. The Labute approximate surface area is 179 Å². The van der Waals surface area contributed by atoms with Gasteiger partial charge in [-0.25, -0.2) is 9.36 Å². The summed E-state index contributed by atoms with van der Waals surface area (Å²) in [5.74, 6) is -0.180. The number of nitrogens with zero attached hydrogens (tertiary/aromatic N) is 2. The molecule has 7 heteroatoms. The topological polar surface area (TPSA) is 73.1 Å². The van der Waals surface area contributed by atoms with Crippen molar-refractivity contribution in [3.8, 4) is 5.69 Å². The number of carbonyl (C=O) groups excluding carboxylic acids is 1. The van der Waals surface area contributed by atoms with Crippen LogP contribution in [0, 0.1) is 13.8 Å². The van der Waals surface area contributed by atoms with E-state index in [0.29, 0.717) is 15.9 Å². The predicted molar refractivity (Wildman–Crippen MR) is 121 cm³/mol. The molecule has 1 fully saturated rings. The van der Waals surface area contributed by atoms with Gasteiger partial charge in [0.05, 0.1) is 11.1 Å². The highest BCUT2D eigenvalue weighted by Gasteiger charge is 2.22. The minimum absolute atomic E-state index is 0.0848. The molecular weight excluding hydrogens is 398 g/mol. The van der Waals surface area contributed by atoms with Gasteiger partial charge in [0.1, 0.15) is 11.4 Å². The van der Waals surface area contributed by atoms with Gasteiger partial charge in [-0.2, -0.15) is 0 Å². The second-order valence-electron chi connectivity index (χ2n) is 8.04. The first-order valence-corrected chi connectivity index (χ1v) is 11.4. The van der Waals surface area contributed by atoms with Crippen LogP contribution in [-0.2, 0) is 17.8 Å². The summed E-state index contributed by atoms with van der Waals surface area (Å²) < 4.78 is 2.66. The molecule has 6 nitrogen and oxygen atoms in total. The lowest BCUT2D eigenvalue weighted by molar-refractivity contribution is -0.122. The molecule has 30 heavy (non-hydrogen) atoms. The maximum Gasteiger partial charge on any atom is 0.337 e. The number of nitrogens with one attached hydrogen (secondary N) is 1. The third-order valence-corrected chi connectivity index (χ3v) is 7.31. The van der Waals surface area contributed by atoms with Gasteiger partial charge in [0.25, 0.3) is 5.56 Å². The number of aryl methyl sites for hydroxylation is 3. The minimum Gasteiger partial charge on any atom is -0.352 e. The predicted octanol–water partition coefficient (Wildman–Crippen LogP) is 3.45. The van der Waals surface area contributed by atoms with Crippen LogP contribution in [-0.4, -0.2) is 21.1 Å². The van der Waals surface area contributed by atoms with Crippen LogP contribution in [0.4, 0.5) is 0 Å². The Morgan fingerprint density at radius 3 is 2.43 bits per heavy atom. The first-order valence-electron chi connectivity index (χ1n) is 10.5. The van der Waals surface area contributed by atoms with Gasteiger partial charge in [-0.15, -0.1) is 11.3 Å². The lowest BCUT2D eigenvalue weighted by Crippen LogP contribution is -2.43. The van der Waals surface area contributed by atoms with Crippen molar-refractivity contribution < 1.29 is 4.79 Å². The van der Waals surface area contributed by atoms with Crippen LogP contribution in [0.5, 0.6) is 0 Å². The van der Waals surface area contributed by atoms with E-state index in [2.05, 4.69) is 12.2 Å². The second kappa shape index (κ2) is 8.22. The molecule has 1 N–H and O–H groups in total. The molecule has 158 valence electrons. The first kappa shape index (κ1) is 20.6. The summed E-state index contributed by atoms with van der Waals surface area (Å²) in [5.41, 5.74) is 1.72. The zero-order valence-corrected chi connectivity index (χ0v) is 18.5. The van der Waals surface area contributed by atoms with Crippen molar-refractivity contribution in [3.63, 3.8) is 0 Å². The van der Waals surface area contributed by atoms with E-state index in [-0.39, 0.29) is 24.1 Å². The van der Waals surface area contributed by atoms with Crippen LogP contribution in [0.1, 0.15) is 48.6 Å². The van der Waals surface area contributed by atoms with Gasteiger partial charge in [0.2, 0.25) is 5.91 Å². The molecule has 1 aliphatic rings. The molecule has 0 bridgehead atoms. The summed E-state index contributed by atoms with van der Waals surface area (Å²) in [6.45, 7) is 5.81. The van der Waals surface area contributed by atoms with Gasteiger partial charge >= 0.3 is 5.69 Å². The summed E-state index contributed by atoms with van der Waals surface area (Å²) in [7, 11) is 0. The van der Waals surface area contributed by atoms with Crippen LogP contribution in [0.15, 0.2) is 33.9 Å². The number of benzene rings is 1. The molecular formula is C23H27N3O3S. The van der Waals surface area contributed by atoms with Gasteiger partial charge in [0, 0.05) is 10.9 Å². The zero-order valence-electron chi connectivity index (χ0n) is 17.7. The number of fused-ring (bicyclic) bond motifs is 1. The Morgan fingerprint density at radius 2 is 1.80 bits per heavy atom. The highest BCUT2D eigenvalue weighted by molar-refractivity contribution is 7.18.